The van der Waals surface area contributed by atoms with E-state index in [0.29, 0.717) is 6.04 Å². The molecule has 0 aromatic heterocycles. The lowest BCUT2D eigenvalue weighted by molar-refractivity contribution is 0.263. The summed E-state index contributed by atoms with van der Waals surface area (Å²) in [5, 5.41) is 4.47. The first kappa shape index (κ1) is 17.3. The molecule has 0 aliphatic carbocycles. The van der Waals surface area contributed by atoms with Crippen molar-refractivity contribution in [2.75, 3.05) is 31.9 Å². The highest BCUT2D eigenvalue weighted by molar-refractivity contribution is 9.10. The summed E-state index contributed by atoms with van der Waals surface area (Å²) in [4.78, 5) is 2.65. The Morgan fingerprint density at radius 1 is 1.43 bits per heavy atom. The highest BCUT2D eigenvalue weighted by Gasteiger charge is 2.20. The largest absolute Gasteiger partial charge is 0.310 e. The molecule has 1 N–H and O–H groups in total. The van der Waals surface area contributed by atoms with E-state index < -0.39 is 0 Å². The smallest absolute Gasteiger partial charge is 0.0332 e. The zero-order valence-electron chi connectivity index (χ0n) is 13.1. The highest BCUT2D eigenvalue weighted by atomic mass is 79.9. The van der Waals surface area contributed by atoms with Crippen molar-refractivity contribution in [2.24, 2.45) is 0 Å². The number of thioether (sulfide) groups is 1. The quantitative estimate of drug-likeness (QED) is 0.769. The lowest BCUT2D eigenvalue weighted by atomic mass is 10.0. The molecule has 4 heteroatoms. The molecule has 0 spiro atoms. The van der Waals surface area contributed by atoms with Crippen molar-refractivity contribution in [1.29, 1.82) is 0 Å². The van der Waals surface area contributed by atoms with E-state index in [2.05, 4.69) is 76.0 Å². The van der Waals surface area contributed by atoms with E-state index >= 15 is 0 Å². The minimum atomic E-state index is 0.460. The van der Waals surface area contributed by atoms with Crippen molar-refractivity contribution < 1.29 is 0 Å². The Morgan fingerprint density at radius 2 is 2.29 bits per heavy atom. The van der Waals surface area contributed by atoms with E-state index in [1.807, 2.05) is 0 Å². The van der Waals surface area contributed by atoms with Gasteiger partial charge in [-0.3, -0.25) is 0 Å². The second-order valence-corrected chi connectivity index (χ2v) is 7.98. The maximum Gasteiger partial charge on any atom is 0.0332 e. The normalized spacial score (nSPS) is 21.4. The summed E-state index contributed by atoms with van der Waals surface area (Å²) in [5.74, 6) is 1.29. The summed E-state index contributed by atoms with van der Waals surface area (Å²) in [7, 11) is 0. The lowest BCUT2D eigenvalue weighted by Crippen LogP contribution is -2.39. The van der Waals surface area contributed by atoms with E-state index in [0.717, 1.165) is 11.8 Å². The molecule has 0 saturated carbocycles. The fourth-order valence-electron chi connectivity index (χ4n) is 2.90. The number of hydrogen-bond acceptors (Lipinski definition) is 3. The average molecular weight is 371 g/mol. The van der Waals surface area contributed by atoms with Crippen molar-refractivity contribution in [3.8, 4) is 0 Å². The molecule has 1 aliphatic heterocycles. The molecule has 2 rings (SSSR count). The first-order valence-electron chi connectivity index (χ1n) is 8.05. The number of nitrogens with one attached hydrogen (secondary N) is 1. The fraction of sp³-hybridized carbons (Fsp3) is 0.647. The number of nitrogens with zero attached hydrogens (tertiary/aromatic N) is 1. The molecule has 1 fully saturated rings. The zero-order valence-corrected chi connectivity index (χ0v) is 15.5. The van der Waals surface area contributed by atoms with Gasteiger partial charge in [-0.1, -0.05) is 41.9 Å². The SMILES string of the molecule is CCNC(CCN1CCSC(CC)C1)c1cccc(Br)c1. The van der Waals surface area contributed by atoms with Gasteiger partial charge < -0.3 is 10.2 Å². The van der Waals surface area contributed by atoms with Crippen LogP contribution in [0.4, 0.5) is 0 Å². The van der Waals surface area contributed by atoms with Gasteiger partial charge in [-0.15, -0.1) is 0 Å². The van der Waals surface area contributed by atoms with Crippen LogP contribution in [0.2, 0.25) is 0 Å². The molecule has 2 nitrogen and oxygen atoms in total. The second kappa shape index (κ2) is 9.19. The third-order valence-electron chi connectivity index (χ3n) is 4.11. The third kappa shape index (κ3) is 5.59. The van der Waals surface area contributed by atoms with Crippen LogP contribution in [0.15, 0.2) is 28.7 Å². The first-order chi connectivity index (χ1) is 10.2. The van der Waals surface area contributed by atoms with E-state index in [1.54, 1.807) is 0 Å². The van der Waals surface area contributed by atoms with Crippen molar-refractivity contribution in [3.63, 3.8) is 0 Å². The van der Waals surface area contributed by atoms with E-state index in [-0.39, 0.29) is 0 Å². The number of benzene rings is 1. The van der Waals surface area contributed by atoms with Crippen LogP contribution in [0.3, 0.4) is 0 Å². The Morgan fingerprint density at radius 3 is 3.00 bits per heavy atom. The molecule has 1 aromatic carbocycles. The van der Waals surface area contributed by atoms with Gasteiger partial charge in [0.05, 0.1) is 0 Å². The molecule has 2 unspecified atom stereocenters. The Hall–Kier alpha value is -0.0300. The molecule has 2 atom stereocenters. The number of halogens is 1. The van der Waals surface area contributed by atoms with Crippen LogP contribution in [-0.4, -0.2) is 42.1 Å². The molecule has 0 bridgehead atoms. The van der Waals surface area contributed by atoms with E-state index in [4.69, 9.17) is 0 Å². The molecular formula is C17H27BrN2S. The molecule has 1 heterocycles. The standard InChI is InChI=1S/C17H27BrN2S/c1-3-16-13-20(10-11-21-16)9-8-17(19-4-2)14-6-5-7-15(18)12-14/h5-7,12,16-17,19H,3-4,8-11,13H2,1-2H3. The predicted octanol–water partition coefficient (Wildman–Crippen LogP) is 4.32. The molecular weight excluding hydrogens is 344 g/mol. The van der Waals surface area contributed by atoms with E-state index in [1.165, 1.54) is 48.3 Å². The van der Waals surface area contributed by atoms with Gasteiger partial charge >= 0.3 is 0 Å². The van der Waals surface area contributed by atoms with Crippen molar-refractivity contribution in [1.82, 2.24) is 10.2 Å². The van der Waals surface area contributed by atoms with Crippen LogP contribution in [0.25, 0.3) is 0 Å². The molecule has 21 heavy (non-hydrogen) atoms. The van der Waals surface area contributed by atoms with E-state index in [9.17, 15) is 0 Å². The van der Waals surface area contributed by atoms with Gasteiger partial charge in [0.1, 0.15) is 0 Å². The van der Waals surface area contributed by atoms with Gasteiger partial charge in [0.2, 0.25) is 0 Å². The topological polar surface area (TPSA) is 15.3 Å². The van der Waals surface area contributed by atoms with Gasteiger partial charge in [-0.25, -0.2) is 0 Å². The molecule has 118 valence electrons. The molecule has 1 aromatic rings. The van der Waals surface area contributed by atoms with Crippen molar-refractivity contribution in [2.45, 2.75) is 38.0 Å². The minimum absolute atomic E-state index is 0.460. The summed E-state index contributed by atoms with van der Waals surface area (Å²) in [5.41, 5.74) is 1.39. The lowest BCUT2D eigenvalue weighted by Gasteiger charge is -2.33. The van der Waals surface area contributed by atoms with Gasteiger partial charge in [0, 0.05) is 41.2 Å². The first-order valence-corrected chi connectivity index (χ1v) is 9.90. The van der Waals surface area contributed by atoms with Crippen LogP contribution in [0.5, 0.6) is 0 Å². The number of hydrogen-bond donors (Lipinski definition) is 1. The van der Waals surface area contributed by atoms with Gasteiger partial charge in [-0.05, 0) is 37.1 Å². The van der Waals surface area contributed by atoms with Crippen molar-refractivity contribution in [3.05, 3.63) is 34.3 Å². The van der Waals surface area contributed by atoms with Crippen molar-refractivity contribution >= 4 is 27.7 Å². The summed E-state index contributed by atoms with van der Waals surface area (Å²) >= 11 is 5.73. The van der Waals surface area contributed by atoms with Crippen LogP contribution >= 0.6 is 27.7 Å². The van der Waals surface area contributed by atoms with Crippen LogP contribution in [0.1, 0.15) is 38.3 Å². The van der Waals surface area contributed by atoms with Gasteiger partial charge in [-0.2, -0.15) is 11.8 Å². The number of rotatable bonds is 7. The third-order valence-corrected chi connectivity index (χ3v) is 5.98. The molecule has 1 saturated heterocycles. The molecule has 1 aliphatic rings. The molecule has 0 amide bonds. The average Bonchev–Trinajstić information content (AvgIpc) is 2.51. The summed E-state index contributed by atoms with van der Waals surface area (Å²) in [6.45, 7) is 9.22. The maximum atomic E-state index is 3.64. The second-order valence-electron chi connectivity index (χ2n) is 5.66. The Kier molecular flexibility index (Phi) is 7.58. The monoisotopic (exact) mass is 370 g/mol. The molecule has 0 radical (unpaired) electrons. The summed E-state index contributed by atoms with van der Waals surface area (Å²) < 4.78 is 1.17. The predicted molar refractivity (Wildman–Crippen MR) is 98.2 cm³/mol. The van der Waals surface area contributed by atoms with Gasteiger partial charge in [0.15, 0.2) is 0 Å². The summed E-state index contributed by atoms with van der Waals surface area (Å²) in [6, 6.07) is 9.17. The van der Waals surface area contributed by atoms with Gasteiger partial charge in [0.25, 0.3) is 0 Å². The maximum absolute atomic E-state index is 3.64. The van der Waals surface area contributed by atoms with Crippen LogP contribution < -0.4 is 5.32 Å². The minimum Gasteiger partial charge on any atom is -0.310 e. The zero-order chi connectivity index (χ0) is 15.1. The Bertz CT molecular complexity index is 427. The van der Waals surface area contributed by atoms with Crippen LogP contribution in [-0.2, 0) is 0 Å². The highest BCUT2D eigenvalue weighted by Crippen LogP contribution is 2.24. The summed E-state index contributed by atoms with van der Waals surface area (Å²) in [6.07, 6.45) is 2.48. The Labute approximate surface area is 142 Å². The Balaban J connectivity index is 1.91. The fourth-order valence-corrected chi connectivity index (χ4v) is 4.56. The van der Waals surface area contributed by atoms with Crippen LogP contribution in [0, 0.1) is 0 Å².